The van der Waals surface area contributed by atoms with Crippen LogP contribution in [0, 0.1) is 0 Å². The third-order valence-corrected chi connectivity index (χ3v) is 2.08. The molecule has 0 aromatic rings. The first-order valence-corrected chi connectivity index (χ1v) is 3.89. The third kappa shape index (κ3) is 1.69. The minimum atomic E-state index is -0.584. The van der Waals surface area contributed by atoms with Gasteiger partial charge in [0.1, 0.15) is 6.17 Å². The maximum atomic E-state index is 12.7. The molecule has 0 bridgehead atoms. The normalized spacial score (nSPS) is 29.4. The number of alkyl halides is 1. The fourth-order valence-electron chi connectivity index (χ4n) is 1.33. The van der Waals surface area contributed by atoms with Crippen LogP contribution in [0.4, 0.5) is 4.39 Å². The smallest absolute Gasteiger partial charge is 0.114 e. The molecule has 0 saturated carbocycles. The van der Waals surface area contributed by atoms with Crippen LogP contribution in [0.5, 0.6) is 0 Å². The lowest BCUT2D eigenvalue weighted by atomic mass is 10.1. The number of nitrogens with zero attached hydrogens (tertiary/aromatic N) is 1. The van der Waals surface area contributed by atoms with Crippen LogP contribution in [0.2, 0.25) is 0 Å². The molecule has 2 heteroatoms. The van der Waals surface area contributed by atoms with Gasteiger partial charge in [-0.1, -0.05) is 0 Å². The van der Waals surface area contributed by atoms with Crippen LogP contribution in [0.25, 0.3) is 0 Å². The molecule has 10 heavy (non-hydrogen) atoms. The first kappa shape index (κ1) is 7.99. The molecule has 1 atom stereocenters. The van der Waals surface area contributed by atoms with Gasteiger partial charge in [-0.2, -0.15) is 0 Å². The van der Waals surface area contributed by atoms with Gasteiger partial charge in [-0.25, -0.2) is 4.39 Å². The summed E-state index contributed by atoms with van der Waals surface area (Å²) in [5, 5.41) is 0. The largest absolute Gasteiger partial charge is 0.295 e. The SMILES string of the molecule is CC(C)(C)N1CCC(F)C1. The number of likely N-dealkylation sites (tertiary alicyclic amines) is 1. The Morgan fingerprint density at radius 3 is 2.20 bits per heavy atom. The van der Waals surface area contributed by atoms with Gasteiger partial charge in [0.05, 0.1) is 0 Å². The van der Waals surface area contributed by atoms with Crippen LogP contribution in [-0.2, 0) is 0 Å². The van der Waals surface area contributed by atoms with E-state index in [9.17, 15) is 4.39 Å². The minimum absolute atomic E-state index is 0.154. The van der Waals surface area contributed by atoms with Gasteiger partial charge in [0, 0.05) is 18.6 Å². The molecule has 0 aromatic heterocycles. The fourth-order valence-corrected chi connectivity index (χ4v) is 1.33. The number of rotatable bonds is 0. The lowest BCUT2D eigenvalue weighted by Gasteiger charge is -2.30. The summed E-state index contributed by atoms with van der Waals surface area (Å²) in [5.74, 6) is 0. The Kier molecular flexibility index (Phi) is 1.99. The average Bonchev–Trinajstić information content (AvgIpc) is 2.11. The van der Waals surface area contributed by atoms with Crippen LogP contribution < -0.4 is 0 Å². The average molecular weight is 145 g/mol. The van der Waals surface area contributed by atoms with Gasteiger partial charge in [-0.3, -0.25) is 4.90 Å². The van der Waals surface area contributed by atoms with Crippen LogP contribution >= 0.6 is 0 Å². The molecule has 1 nitrogen and oxygen atoms in total. The molecule has 0 amide bonds. The maximum absolute atomic E-state index is 12.7. The summed E-state index contributed by atoms with van der Waals surface area (Å²) in [6, 6.07) is 0. The Labute approximate surface area is 62.2 Å². The van der Waals surface area contributed by atoms with E-state index in [1.165, 1.54) is 0 Å². The number of halogens is 1. The van der Waals surface area contributed by atoms with E-state index in [1.807, 2.05) is 0 Å². The minimum Gasteiger partial charge on any atom is -0.295 e. The molecule has 1 fully saturated rings. The lowest BCUT2D eigenvalue weighted by molar-refractivity contribution is 0.161. The highest BCUT2D eigenvalue weighted by Crippen LogP contribution is 2.21. The van der Waals surface area contributed by atoms with Crippen molar-refractivity contribution in [2.24, 2.45) is 0 Å². The molecule has 0 spiro atoms. The first-order valence-electron chi connectivity index (χ1n) is 3.89. The molecule has 1 aliphatic heterocycles. The van der Waals surface area contributed by atoms with Crippen LogP contribution in [0.1, 0.15) is 27.2 Å². The van der Waals surface area contributed by atoms with E-state index in [0.717, 1.165) is 13.0 Å². The Morgan fingerprint density at radius 2 is 2.00 bits per heavy atom. The van der Waals surface area contributed by atoms with E-state index in [4.69, 9.17) is 0 Å². The van der Waals surface area contributed by atoms with Crippen molar-refractivity contribution >= 4 is 0 Å². The summed E-state index contributed by atoms with van der Waals surface area (Å²) in [5.41, 5.74) is 0.154. The van der Waals surface area contributed by atoms with E-state index < -0.39 is 6.17 Å². The number of hydrogen-bond donors (Lipinski definition) is 0. The van der Waals surface area contributed by atoms with E-state index in [1.54, 1.807) is 0 Å². The quantitative estimate of drug-likeness (QED) is 0.502. The third-order valence-electron chi connectivity index (χ3n) is 2.08. The van der Waals surface area contributed by atoms with Crippen molar-refractivity contribution in [3.05, 3.63) is 0 Å². The lowest BCUT2D eigenvalue weighted by Crippen LogP contribution is -2.39. The second-order valence-electron chi connectivity index (χ2n) is 4.00. The Morgan fingerprint density at radius 1 is 1.40 bits per heavy atom. The van der Waals surface area contributed by atoms with Crippen molar-refractivity contribution in [1.29, 1.82) is 0 Å². The van der Waals surface area contributed by atoms with Gasteiger partial charge in [0.2, 0.25) is 0 Å². The standard InChI is InChI=1S/C8H16FN/c1-8(2,3)10-5-4-7(9)6-10/h7H,4-6H2,1-3H3. The van der Waals surface area contributed by atoms with Gasteiger partial charge >= 0.3 is 0 Å². The molecular formula is C8H16FN. The molecule has 0 N–H and O–H groups in total. The summed E-state index contributed by atoms with van der Waals surface area (Å²) < 4.78 is 12.7. The van der Waals surface area contributed by atoms with Gasteiger partial charge in [-0.05, 0) is 27.2 Å². The molecule has 1 unspecified atom stereocenters. The van der Waals surface area contributed by atoms with E-state index in [2.05, 4.69) is 25.7 Å². The van der Waals surface area contributed by atoms with Gasteiger partial charge in [-0.15, -0.1) is 0 Å². The molecule has 0 aromatic carbocycles. The Balaban J connectivity index is 2.45. The summed E-state index contributed by atoms with van der Waals surface area (Å²) >= 11 is 0. The summed E-state index contributed by atoms with van der Waals surface area (Å²) in [7, 11) is 0. The van der Waals surface area contributed by atoms with Crippen molar-refractivity contribution in [3.8, 4) is 0 Å². The van der Waals surface area contributed by atoms with E-state index in [-0.39, 0.29) is 5.54 Å². The maximum Gasteiger partial charge on any atom is 0.114 e. The van der Waals surface area contributed by atoms with Crippen LogP contribution in [0.15, 0.2) is 0 Å². The van der Waals surface area contributed by atoms with Gasteiger partial charge < -0.3 is 0 Å². The summed E-state index contributed by atoms with van der Waals surface area (Å²) in [6.07, 6.45) is 0.135. The molecule has 0 radical (unpaired) electrons. The molecular weight excluding hydrogens is 129 g/mol. The highest BCUT2D eigenvalue weighted by atomic mass is 19.1. The highest BCUT2D eigenvalue weighted by Gasteiger charge is 2.29. The van der Waals surface area contributed by atoms with E-state index in [0.29, 0.717) is 6.54 Å². The highest BCUT2D eigenvalue weighted by molar-refractivity contribution is 4.84. The van der Waals surface area contributed by atoms with Crippen LogP contribution in [0.3, 0.4) is 0 Å². The predicted molar refractivity (Wildman–Crippen MR) is 40.8 cm³/mol. The van der Waals surface area contributed by atoms with E-state index >= 15 is 0 Å². The second-order valence-corrected chi connectivity index (χ2v) is 4.00. The van der Waals surface area contributed by atoms with Crippen molar-refractivity contribution in [2.45, 2.75) is 38.9 Å². The summed E-state index contributed by atoms with van der Waals surface area (Å²) in [4.78, 5) is 2.19. The van der Waals surface area contributed by atoms with Crippen molar-refractivity contribution < 1.29 is 4.39 Å². The monoisotopic (exact) mass is 145 g/mol. The van der Waals surface area contributed by atoms with Gasteiger partial charge in [0.15, 0.2) is 0 Å². The van der Waals surface area contributed by atoms with Crippen molar-refractivity contribution in [1.82, 2.24) is 4.90 Å². The molecule has 1 saturated heterocycles. The zero-order valence-corrected chi connectivity index (χ0v) is 7.02. The molecule has 0 aliphatic carbocycles. The first-order chi connectivity index (χ1) is 4.50. The molecule has 1 rings (SSSR count). The summed E-state index contributed by atoms with van der Waals surface area (Å²) in [6.45, 7) is 7.94. The zero-order chi connectivity index (χ0) is 7.78. The van der Waals surface area contributed by atoms with Crippen molar-refractivity contribution in [2.75, 3.05) is 13.1 Å². The Hall–Kier alpha value is -0.110. The molecule has 1 aliphatic rings. The molecule has 1 heterocycles. The molecule has 60 valence electrons. The van der Waals surface area contributed by atoms with Gasteiger partial charge in [0.25, 0.3) is 0 Å². The number of hydrogen-bond acceptors (Lipinski definition) is 1. The topological polar surface area (TPSA) is 3.24 Å². The van der Waals surface area contributed by atoms with Crippen LogP contribution in [-0.4, -0.2) is 29.7 Å². The fraction of sp³-hybridized carbons (Fsp3) is 1.00. The Bertz CT molecular complexity index is 117. The zero-order valence-electron chi connectivity index (χ0n) is 7.02. The van der Waals surface area contributed by atoms with Crippen molar-refractivity contribution in [3.63, 3.8) is 0 Å². The predicted octanol–water partition coefficient (Wildman–Crippen LogP) is 1.83. The second kappa shape index (κ2) is 2.50.